The summed E-state index contributed by atoms with van der Waals surface area (Å²) in [6.45, 7) is 6.73. The van der Waals surface area contributed by atoms with Crippen LogP contribution in [0.25, 0.3) is 11.0 Å². The summed E-state index contributed by atoms with van der Waals surface area (Å²) in [7, 11) is 0. The predicted octanol–water partition coefficient (Wildman–Crippen LogP) is 3.72. The Hall–Kier alpha value is -2.86. The number of fused-ring (bicyclic) bond motifs is 1. The summed E-state index contributed by atoms with van der Waals surface area (Å²) >= 11 is 6.10. The molecule has 0 aliphatic rings. The Morgan fingerprint density at radius 1 is 1.11 bits per heavy atom. The van der Waals surface area contributed by atoms with Crippen molar-refractivity contribution in [3.63, 3.8) is 0 Å². The Labute approximate surface area is 168 Å². The molecule has 1 heterocycles. The summed E-state index contributed by atoms with van der Waals surface area (Å²) in [5, 5.41) is 0.683. The Kier molecular flexibility index (Phi) is 5.99. The van der Waals surface area contributed by atoms with Crippen LogP contribution in [0.5, 0.6) is 0 Å². The third kappa shape index (κ3) is 4.34. The Bertz CT molecular complexity index is 1040. The minimum absolute atomic E-state index is 0.249. The van der Waals surface area contributed by atoms with Crippen molar-refractivity contribution >= 4 is 34.4 Å². The van der Waals surface area contributed by atoms with Crippen LogP contribution in [0.2, 0.25) is 5.02 Å². The average molecular weight is 399 g/mol. The van der Waals surface area contributed by atoms with Gasteiger partial charge in [0.15, 0.2) is 0 Å². The van der Waals surface area contributed by atoms with Gasteiger partial charge >= 0.3 is 0 Å². The number of imidazole rings is 1. The second-order valence-electron chi connectivity index (χ2n) is 6.69. The van der Waals surface area contributed by atoms with Gasteiger partial charge in [0.05, 0.1) is 11.0 Å². The predicted molar refractivity (Wildman–Crippen MR) is 110 cm³/mol. The number of carbonyl (C=O) groups excluding carboxylic acids is 2. The van der Waals surface area contributed by atoms with Gasteiger partial charge in [-0.2, -0.15) is 0 Å². The van der Waals surface area contributed by atoms with Crippen molar-refractivity contribution < 1.29 is 9.59 Å². The summed E-state index contributed by atoms with van der Waals surface area (Å²) < 4.78 is 2.08. The standard InChI is InChI=1S/C21H23ClN4O2/c1-4-26-14(3)23-18-12-16(8-9-19(18)26)21(28)25-24-20(27)10-7-15-6-5-13(2)17(22)11-15/h5-6,8-9,11-12H,4,7,10H2,1-3H3,(H,24,27)(H,25,28). The highest BCUT2D eigenvalue weighted by Crippen LogP contribution is 2.18. The van der Waals surface area contributed by atoms with Crippen LogP contribution in [0.3, 0.4) is 0 Å². The van der Waals surface area contributed by atoms with Crippen LogP contribution < -0.4 is 10.9 Å². The van der Waals surface area contributed by atoms with Crippen molar-refractivity contribution in [2.75, 3.05) is 0 Å². The maximum Gasteiger partial charge on any atom is 0.269 e. The highest BCUT2D eigenvalue weighted by Gasteiger charge is 2.12. The number of nitrogens with one attached hydrogen (secondary N) is 2. The second kappa shape index (κ2) is 8.44. The molecule has 0 radical (unpaired) electrons. The quantitative estimate of drug-likeness (QED) is 0.643. The van der Waals surface area contributed by atoms with Crippen LogP contribution in [-0.4, -0.2) is 21.4 Å². The Morgan fingerprint density at radius 2 is 1.89 bits per heavy atom. The van der Waals surface area contributed by atoms with Crippen LogP contribution in [0.15, 0.2) is 36.4 Å². The fourth-order valence-electron chi connectivity index (χ4n) is 3.10. The number of aryl methyl sites for hydroxylation is 4. The first-order valence-corrected chi connectivity index (χ1v) is 9.58. The van der Waals surface area contributed by atoms with E-state index in [-0.39, 0.29) is 18.2 Å². The zero-order valence-corrected chi connectivity index (χ0v) is 16.9. The number of amides is 2. The molecule has 7 heteroatoms. The molecule has 1 aromatic heterocycles. The number of hydrogen-bond donors (Lipinski definition) is 2. The first-order chi connectivity index (χ1) is 13.4. The highest BCUT2D eigenvalue weighted by molar-refractivity contribution is 6.31. The third-order valence-corrected chi connectivity index (χ3v) is 5.12. The van der Waals surface area contributed by atoms with Crippen LogP contribution >= 0.6 is 11.6 Å². The molecule has 2 aromatic carbocycles. The Morgan fingerprint density at radius 3 is 2.61 bits per heavy atom. The maximum atomic E-state index is 12.3. The fraction of sp³-hybridized carbons (Fsp3) is 0.286. The van der Waals surface area contributed by atoms with E-state index in [2.05, 4.69) is 27.3 Å². The summed E-state index contributed by atoms with van der Waals surface area (Å²) in [4.78, 5) is 28.8. The molecule has 2 amide bonds. The molecule has 0 aliphatic carbocycles. The summed E-state index contributed by atoms with van der Waals surface area (Å²) in [6.07, 6.45) is 0.792. The van der Waals surface area contributed by atoms with Crippen molar-refractivity contribution in [3.8, 4) is 0 Å². The smallest absolute Gasteiger partial charge is 0.269 e. The van der Waals surface area contributed by atoms with Gasteiger partial charge in [0, 0.05) is 23.6 Å². The van der Waals surface area contributed by atoms with Gasteiger partial charge in [-0.15, -0.1) is 0 Å². The minimum Gasteiger partial charge on any atom is -0.329 e. The Balaban J connectivity index is 1.56. The number of aromatic nitrogens is 2. The molecule has 0 saturated carbocycles. The largest absolute Gasteiger partial charge is 0.329 e. The molecule has 0 bridgehead atoms. The van der Waals surface area contributed by atoms with Crippen LogP contribution in [0.4, 0.5) is 0 Å². The van der Waals surface area contributed by atoms with Gasteiger partial charge in [0.1, 0.15) is 5.82 Å². The lowest BCUT2D eigenvalue weighted by atomic mass is 10.1. The van der Waals surface area contributed by atoms with E-state index >= 15 is 0 Å². The number of halogens is 1. The van der Waals surface area contributed by atoms with Gasteiger partial charge in [-0.1, -0.05) is 23.7 Å². The van der Waals surface area contributed by atoms with E-state index in [4.69, 9.17) is 11.6 Å². The molecular weight excluding hydrogens is 376 g/mol. The average Bonchev–Trinajstić information content (AvgIpc) is 3.00. The summed E-state index contributed by atoms with van der Waals surface area (Å²) in [5.74, 6) is 0.258. The molecule has 2 N–H and O–H groups in total. The molecule has 146 valence electrons. The number of benzene rings is 2. The van der Waals surface area contributed by atoms with Crippen LogP contribution in [0.1, 0.15) is 40.7 Å². The molecule has 6 nitrogen and oxygen atoms in total. The zero-order chi connectivity index (χ0) is 20.3. The van der Waals surface area contributed by atoms with E-state index in [1.54, 1.807) is 12.1 Å². The van der Waals surface area contributed by atoms with E-state index < -0.39 is 0 Å². The molecule has 3 aromatic rings. The molecule has 0 unspecified atom stereocenters. The van der Waals surface area contributed by atoms with Crippen molar-refractivity contribution in [2.24, 2.45) is 0 Å². The lowest BCUT2D eigenvalue weighted by Crippen LogP contribution is -2.41. The van der Waals surface area contributed by atoms with E-state index in [0.717, 1.165) is 34.5 Å². The number of nitrogens with zero attached hydrogens (tertiary/aromatic N) is 2. The van der Waals surface area contributed by atoms with E-state index in [0.29, 0.717) is 17.0 Å². The molecular formula is C21H23ClN4O2. The number of hydrazine groups is 1. The van der Waals surface area contributed by atoms with E-state index in [9.17, 15) is 9.59 Å². The topological polar surface area (TPSA) is 76.0 Å². The number of carbonyl (C=O) groups is 2. The SMILES string of the molecule is CCn1c(C)nc2cc(C(=O)NNC(=O)CCc3ccc(C)c(Cl)c3)ccc21. The molecule has 0 saturated heterocycles. The fourth-order valence-corrected chi connectivity index (χ4v) is 3.30. The first kappa shape index (κ1) is 19.9. The van der Waals surface area contributed by atoms with Gasteiger partial charge in [-0.05, 0) is 62.6 Å². The van der Waals surface area contributed by atoms with E-state index in [1.807, 2.05) is 38.1 Å². The molecule has 3 rings (SSSR count). The highest BCUT2D eigenvalue weighted by atomic mass is 35.5. The maximum absolute atomic E-state index is 12.3. The summed E-state index contributed by atoms with van der Waals surface area (Å²) in [6, 6.07) is 11.1. The van der Waals surface area contributed by atoms with Gasteiger partial charge in [0.2, 0.25) is 5.91 Å². The normalized spacial score (nSPS) is 10.9. The van der Waals surface area contributed by atoms with E-state index in [1.165, 1.54) is 0 Å². The third-order valence-electron chi connectivity index (χ3n) is 4.71. The number of hydrogen-bond acceptors (Lipinski definition) is 3. The number of rotatable bonds is 5. The van der Waals surface area contributed by atoms with Crippen LogP contribution in [-0.2, 0) is 17.8 Å². The molecule has 28 heavy (non-hydrogen) atoms. The molecule has 0 atom stereocenters. The molecule has 0 aliphatic heterocycles. The monoisotopic (exact) mass is 398 g/mol. The molecule has 0 fully saturated rings. The lowest BCUT2D eigenvalue weighted by Gasteiger charge is -2.08. The molecule has 0 spiro atoms. The summed E-state index contributed by atoms with van der Waals surface area (Å²) in [5.41, 5.74) is 9.07. The van der Waals surface area contributed by atoms with Crippen molar-refractivity contribution in [1.82, 2.24) is 20.4 Å². The van der Waals surface area contributed by atoms with Crippen LogP contribution in [0, 0.1) is 13.8 Å². The van der Waals surface area contributed by atoms with Gasteiger partial charge in [0.25, 0.3) is 5.91 Å². The zero-order valence-electron chi connectivity index (χ0n) is 16.2. The second-order valence-corrected chi connectivity index (χ2v) is 7.10. The minimum atomic E-state index is -0.377. The van der Waals surface area contributed by atoms with Crippen molar-refractivity contribution in [1.29, 1.82) is 0 Å². The first-order valence-electron chi connectivity index (χ1n) is 9.20. The van der Waals surface area contributed by atoms with Gasteiger partial charge < -0.3 is 4.57 Å². The van der Waals surface area contributed by atoms with Gasteiger partial charge in [-0.3, -0.25) is 20.4 Å². The van der Waals surface area contributed by atoms with Gasteiger partial charge in [-0.25, -0.2) is 4.98 Å². The lowest BCUT2D eigenvalue weighted by molar-refractivity contribution is -0.121. The van der Waals surface area contributed by atoms with Crippen molar-refractivity contribution in [2.45, 2.75) is 40.2 Å². The van der Waals surface area contributed by atoms with Crippen molar-refractivity contribution in [3.05, 3.63) is 63.9 Å².